The fraction of sp³-hybridized carbons (Fsp3) is 0.348. The Balaban J connectivity index is 1.42. The minimum absolute atomic E-state index is 0.0393. The lowest BCUT2D eigenvalue weighted by Crippen LogP contribution is -2.44. The number of methoxy groups -OCH3 is 1. The number of aromatic nitrogens is 1. The molecule has 28 heavy (non-hydrogen) atoms. The molecule has 1 amide bonds. The summed E-state index contributed by atoms with van der Waals surface area (Å²) in [7, 11) is 3.58. The summed E-state index contributed by atoms with van der Waals surface area (Å²) in [5, 5.41) is 4.17. The van der Waals surface area contributed by atoms with Crippen LogP contribution in [0, 0.1) is 0 Å². The fourth-order valence-electron chi connectivity index (χ4n) is 4.11. The summed E-state index contributed by atoms with van der Waals surface area (Å²) in [6, 6.07) is 16.5. The lowest BCUT2D eigenvalue weighted by Gasteiger charge is -2.31. The second kappa shape index (κ2) is 7.68. The minimum atomic E-state index is -0.0393. The van der Waals surface area contributed by atoms with Gasteiger partial charge in [0.2, 0.25) is 0 Å². The Morgan fingerprint density at radius 1 is 1.18 bits per heavy atom. The van der Waals surface area contributed by atoms with Gasteiger partial charge in [0.05, 0.1) is 7.11 Å². The van der Waals surface area contributed by atoms with E-state index in [2.05, 4.69) is 41.4 Å². The van der Waals surface area contributed by atoms with Gasteiger partial charge in [-0.25, -0.2) is 0 Å². The van der Waals surface area contributed by atoms with Crippen molar-refractivity contribution in [3.63, 3.8) is 0 Å². The van der Waals surface area contributed by atoms with E-state index < -0.39 is 0 Å². The molecule has 0 fully saturated rings. The van der Waals surface area contributed by atoms with Crippen molar-refractivity contribution in [2.75, 3.05) is 20.2 Å². The first-order valence-corrected chi connectivity index (χ1v) is 9.78. The van der Waals surface area contributed by atoms with Gasteiger partial charge in [0.25, 0.3) is 5.91 Å². The topological polar surface area (TPSA) is 46.5 Å². The monoisotopic (exact) mass is 377 g/mol. The van der Waals surface area contributed by atoms with Crippen LogP contribution in [0.25, 0.3) is 10.9 Å². The summed E-state index contributed by atoms with van der Waals surface area (Å²) in [6.07, 6.45) is 1.07. The zero-order valence-electron chi connectivity index (χ0n) is 16.7. The van der Waals surface area contributed by atoms with Crippen molar-refractivity contribution < 1.29 is 9.53 Å². The molecule has 1 aromatic heterocycles. The largest absolute Gasteiger partial charge is 0.497 e. The van der Waals surface area contributed by atoms with Gasteiger partial charge in [0.1, 0.15) is 11.4 Å². The fourth-order valence-corrected chi connectivity index (χ4v) is 4.11. The van der Waals surface area contributed by atoms with Gasteiger partial charge < -0.3 is 14.6 Å². The highest BCUT2D eigenvalue weighted by molar-refractivity contribution is 5.99. The van der Waals surface area contributed by atoms with Gasteiger partial charge in [0.15, 0.2) is 0 Å². The van der Waals surface area contributed by atoms with Crippen LogP contribution >= 0.6 is 0 Å². The molecule has 5 nitrogen and oxygen atoms in total. The third-order valence-electron chi connectivity index (χ3n) is 5.60. The van der Waals surface area contributed by atoms with E-state index in [1.165, 1.54) is 11.1 Å². The molecule has 146 valence electrons. The minimum Gasteiger partial charge on any atom is -0.497 e. The second-order valence-electron chi connectivity index (χ2n) is 7.64. The molecule has 0 saturated carbocycles. The first-order chi connectivity index (χ1) is 13.5. The predicted octanol–water partition coefficient (Wildman–Crippen LogP) is 3.36. The Kier molecular flexibility index (Phi) is 5.09. The van der Waals surface area contributed by atoms with Gasteiger partial charge in [0, 0.05) is 43.6 Å². The first kappa shape index (κ1) is 18.6. The standard InChI is InChI=1S/C23H27N3O2/c1-16(14-26-11-10-17-6-4-5-7-18(17)15-26)24-23(27)22-13-19-12-20(28-3)8-9-21(19)25(22)2/h4-9,12-13,16H,10-11,14-15H2,1-3H3,(H,24,27)/t16-/m0/s1. The maximum Gasteiger partial charge on any atom is 0.268 e. The SMILES string of the molecule is COc1ccc2c(c1)cc(C(=O)N[C@@H](C)CN1CCc3ccccc3C1)n2C. The quantitative estimate of drug-likeness (QED) is 0.742. The molecular weight excluding hydrogens is 350 g/mol. The molecule has 2 aromatic carbocycles. The molecule has 0 bridgehead atoms. The number of nitrogens with zero attached hydrogens (tertiary/aromatic N) is 2. The van der Waals surface area contributed by atoms with Gasteiger partial charge in [-0.2, -0.15) is 0 Å². The summed E-state index contributed by atoms with van der Waals surface area (Å²) in [5.74, 6) is 0.756. The number of carbonyl (C=O) groups is 1. The Morgan fingerprint density at radius 2 is 1.96 bits per heavy atom. The van der Waals surface area contributed by atoms with E-state index in [1.54, 1.807) is 7.11 Å². The van der Waals surface area contributed by atoms with Gasteiger partial charge in [-0.3, -0.25) is 9.69 Å². The highest BCUT2D eigenvalue weighted by Gasteiger charge is 2.20. The number of rotatable bonds is 5. The van der Waals surface area contributed by atoms with Gasteiger partial charge in [-0.15, -0.1) is 0 Å². The average molecular weight is 377 g/mol. The Hall–Kier alpha value is -2.79. The van der Waals surface area contributed by atoms with Crippen LogP contribution in [0.3, 0.4) is 0 Å². The van der Waals surface area contributed by atoms with Crippen molar-refractivity contribution in [1.29, 1.82) is 0 Å². The van der Waals surface area contributed by atoms with Crippen molar-refractivity contribution >= 4 is 16.8 Å². The first-order valence-electron chi connectivity index (χ1n) is 9.78. The van der Waals surface area contributed by atoms with Crippen LogP contribution in [0.1, 0.15) is 28.5 Å². The van der Waals surface area contributed by atoms with Crippen LogP contribution in [0.4, 0.5) is 0 Å². The smallest absolute Gasteiger partial charge is 0.268 e. The van der Waals surface area contributed by atoms with Crippen LogP contribution in [-0.4, -0.2) is 41.6 Å². The van der Waals surface area contributed by atoms with Crippen molar-refractivity contribution in [3.8, 4) is 5.75 Å². The van der Waals surface area contributed by atoms with Gasteiger partial charge in [-0.1, -0.05) is 24.3 Å². The highest BCUT2D eigenvalue weighted by Crippen LogP contribution is 2.24. The molecule has 1 aliphatic heterocycles. The molecule has 3 aromatic rings. The molecule has 1 N–H and O–H groups in total. The zero-order valence-corrected chi connectivity index (χ0v) is 16.7. The number of hydrogen-bond donors (Lipinski definition) is 1. The maximum atomic E-state index is 12.9. The van der Waals surface area contributed by atoms with E-state index in [9.17, 15) is 4.79 Å². The normalized spacial score (nSPS) is 15.2. The van der Waals surface area contributed by atoms with Crippen LogP contribution < -0.4 is 10.1 Å². The number of fused-ring (bicyclic) bond motifs is 2. The summed E-state index contributed by atoms with van der Waals surface area (Å²) in [4.78, 5) is 15.3. The van der Waals surface area contributed by atoms with E-state index in [0.717, 1.165) is 42.7 Å². The number of amides is 1. The molecule has 5 heteroatoms. The van der Waals surface area contributed by atoms with Crippen molar-refractivity contribution in [3.05, 3.63) is 65.4 Å². The van der Waals surface area contributed by atoms with Gasteiger partial charge in [-0.05, 0) is 48.7 Å². The predicted molar refractivity (Wildman–Crippen MR) is 112 cm³/mol. The van der Waals surface area contributed by atoms with Crippen molar-refractivity contribution in [2.45, 2.75) is 25.9 Å². The van der Waals surface area contributed by atoms with Crippen molar-refractivity contribution in [2.24, 2.45) is 7.05 Å². The molecular formula is C23H27N3O2. The molecule has 0 unspecified atom stereocenters. The number of hydrogen-bond acceptors (Lipinski definition) is 3. The Labute approximate surface area is 165 Å². The molecule has 1 aliphatic rings. The van der Waals surface area contributed by atoms with E-state index >= 15 is 0 Å². The molecule has 0 radical (unpaired) electrons. The Bertz CT molecular complexity index is 1010. The number of ether oxygens (including phenoxy) is 1. The third kappa shape index (κ3) is 3.62. The van der Waals surface area contributed by atoms with Crippen LogP contribution in [0.15, 0.2) is 48.5 Å². The van der Waals surface area contributed by atoms with Crippen LogP contribution in [0.5, 0.6) is 5.75 Å². The van der Waals surface area contributed by atoms with E-state index in [4.69, 9.17) is 4.74 Å². The molecule has 4 rings (SSSR count). The zero-order chi connectivity index (χ0) is 19.7. The van der Waals surface area contributed by atoms with Crippen molar-refractivity contribution in [1.82, 2.24) is 14.8 Å². The van der Waals surface area contributed by atoms with Crippen LogP contribution in [0.2, 0.25) is 0 Å². The molecule has 1 atom stereocenters. The third-order valence-corrected chi connectivity index (χ3v) is 5.60. The summed E-state index contributed by atoms with van der Waals surface area (Å²) >= 11 is 0. The second-order valence-corrected chi connectivity index (χ2v) is 7.64. The summed E-state index contributed by atoms with van der Waals surface area (Å²) in [5.41, 5.74) is 4.53. The molecule has 2 heterocycles. The highest BCUT2D eigenvalue weighted by atomic mass is 16.5. The number of benzene rings is 2. The molecule has 0 saturated heterocycles. The Morgan fingerprint density at radius 3 is 2.75 bits per heavy atom. The summed E-state index contributed by atoms with van der Waals surface area (Å²) in [6.45, 7) is 4.90. The van der Waals surface area contributed by atoms with E-state index in [0.29, 0.717) is 5.69 Å². The van der Waals surface area contributed by atoms with Crippen LogP contribution in [-0.2, 0) is 20.0 Å². The van der Waals surface area contributed by atoms with E-state index in [1.807, 2.05) is 35.9 Å². The van der Waals surface area contributed by atoms with E-state index in [-0.39, 0.29) is 11.9 Å². The lowest BCUT2D eigenvalue weighted by atomic mass is 10.00. The number of aryl methyl sites for hydroxylation is 1. The number of carbonyl (C=O) groups excluding carboxylic acids is 1. The summed E-state index contributed by atoms with van der Waals surface area (Å²) < 4.78 is 7.23. The van der Waals surface area contributed by atoms with Gasteiger partial charge >= 0.3 is 0 Å². The number of nitrogens with one attached hydrogen (secondary N) is 1. The average Bonchev–Trinajstić information content (AvgIpc) is 3.03. The molecule has 0 spiro atoms. The molecule has 0 aliphatic carbocycles. The maximum absolute atomic E-state index is 12.9. The lowest BCUT2D eigenvalue weighted by molar-refractivity contribution is 0.0919.